The number of para-hydroxylation sites is 1. The quantitative estimate of drug-likeness (QED) is 0.279. The van der Waals surface area contributed by atoms with E-state index in [-0.39, 0.29) is 11.5 Å². The molecule has 3 aromatic carbocycles. The van der Waals surface area contributed by atoms with Crippen LogP contribution in [0.1, 0.15) is 10.8 Å². The van der Waals surface area contributed by atoms with E-state index >= 15 is 0 Å². The number of hydrogen-bond acceptors (Lipinski definition) is 5. The van der Waals surface area contributed by atoms with Gasteiger partial charge in [0.1, 0.15) is 5.25 Å². The fraction of sp³-hybridized carbons (Fsp3) is 0.160. The molecule has 1 amide bonds. The molecular formula is C25H22ClN3O3S. The number of carbonyl (C=O) groups excluding carboxylic acids is 1. The molecule has 168 valence electrons. The van der Waals surface area contributed by atoms with Gasteiger partial charge < -0.3 is 10.1 Å². The van der Waals surface area contributed by atoms with Gasteiger partial charge in [-0.05, 0) is 35.9 Å². The predicted molar refractivity (Wildman–Crippen MR) is 133 cm³/mol. The summed E-state index contributed by atoms with van der Waals surface area (Å²) >= 11 is 7.37. The van der Waals surface area contributed by atoms with E-state index in [2.05, 4.69) is 5.32 Å². The molecule has 1 heterocycles. The number of ether oxygens (including phenoxy) is 1. The van der Waals surface area contributed by atoms with Gasteiger partial charge in [-0.2, -0.15) is 0 Å². The Kier molecular flexibility index (Phi) is 7.44. The lowest BCUT2D eigenvalue weighted by molar-refractivity contribution is -0.115. The molecule has 1 N–H and O–H groups in total. The Morgan fingerprint density at radius 3 is 2.48 bits per heavy atom. The predicted octanol–water partition coefficient (Wildman–Crippen LogP) is 5.17. The highest BCUT2D eigenvalue weighted by Gasteiger charge is 2.25. The Morgan fingerprint density at radius 1 is 1.09 bits per heavy atom. The maximum atomic E-state index is 13.4. The fourth-order valence-electron chi connectivity index (χ4n) is 3.38. The molecular weight excluding hydrogens is 458 g/mol. The smallest absolute Gasteiger partial charge is 0.262 e. The van der Waals surface area contributed by atoms with Crippen molar-refractivity contribution in [2.24, 2.45) is 0 Å². The normalized spacial score (nSPS) is 11.9. The molecule has 0 spiro atoms. The molecule has 0 aliphatic carbocycles. The second kappa shape index (κ2) is 10.7. The highest BCUT2D eigenvalue weighted by molar-refractivity contribution is 8.00. The van der Waals surface area contributed by atoms with Crippen LogP contribution in [0.25, 0.3) is 10.9 Å². The molecule has 0 saturated carbocycles. The highest BCUT2D eigenvalue weighted by atomic mass is 35.5. The van der Waals surface area contributed by atoms with Gasteiger partial charge in [0.25, 0.3) is 5.56 Å². The van der Waals surface area contributed by atoms with Gasteiger partial charge in [0.05, 0.1) is 24.1 Å². The second-order valence-electron chi connectivity index (χ2n) is 7.27. The minimum absolute atomic E-state index is 0.202. The third-order valence-corrected chi connectivity index (χ3v) is 6.49. The molecule has 1 unspecified atom stereocenters. The molecule has 0 fully saturated rings. The van der Waals surface area contributed by atoms with Crippen LogP contribution in [0, 0.1) is 0 Å². The third-order valence-electron chi connectivity index (χ3n) is 5.01. The van der Waals surface area contributed by atoms with Crippen molar-refractivity contribution in [3.63, 3.8) is 0 Å². The SMILES string of the molecule is COCCn1c(SC(C(=O)Nc2ccccc2)c2ccccc2)nc2cc(Cl)ccc2c1=O. The Balaban J connectivity index is 1.78. The zero-order valence-electron chi connectivity index (χ0n) is 17.9. The number of thioether (sulfide) groups is 1. The Morgan fingerprint density at radius 2 is 1.79 bits per heavy atom. The van der Waals surface area contributed by atoms with Gasteiger partial charge in [0.15, 0.2) is 5.16 Å². The summed E-state index contributed by atoms with van der Waals surface area (Å²) in [5.74, 6) is -0.212. The van der Waals surface area contributed by atoms with Crippen molar-refractivity contribution in [1.82, 2.24) is 9.55 Å². The van der Waals surface area contributed by atoms with Crippen LogP contribution in [0.3, 0.4) is 0 Å². The van der Waals surface area contributed by atoms with Crippen molar-refractivity contribution in [2.45, 2.75) is 17.0 Å². The molecule has 0 aliphatic heterocycles. The third kappa shape index (κ3) is 5.45. The number of anilines is 1. The number of benzene rings is 3. The molecule has 33 heavy (non-hydrogen) atoms. The lowest BCUT2D eigenvalue weighted by Crippen LogP contribution is -2.26. The van der Waals surface area contributed by atoms with Gasteiger partial charge in [0, 0.05) is 17.8 Å². The number of nitrogens with one attached hydrogen (secondary N) is 1. The van der Waals surface area contributed by atoms with Crippen molar-refractivity contribution < 1.29 is 9.53 Å². The van der Waals surface area contributed by atoms with Crippen LogP contribution in [0.5, 0.6) is 0 Å². The number of halogens is 1. The standard InChI is InChI=1S/C25H22ClN3O3S/c1-32-15-14-29-24(31)20-13-12-18(26)16-21(20)28-25(29)33-22(17-8-4-2-5-9-17)23(30)27-19-10-6-3-7-11-19/h2-13,16,22H,14-15H2,1H3,(H,27,30). The first-order valence-electron chi connectivity index (χ1n) is 10.3. The van der Waals surface area contributed by atoms with Crippen LogP contribution < -0.4 is 10.9 Å². The molecule has 4 rings (SSSR count). The summed E-state index contributed by atoms with van der Waals surface area (Å²) < 4.78 is 6.76. The first-order chi connectivity index (χ1) is 16.1. The number of fused-ring (bicyclic) bond motifs is 1. The number of amides is 1. The Bertz CT molecular complexity index is 1310. The van der Waals surface area contributed by atoms with Crippen molar-refractivity contribution in [2.75, 3.05) is 19.0 Å². The average molecular weight is 480 g/mol. The average Bonchev–Trinajstić information content (AvgIpc) is 2.83. The number of hydrogen-bond donors (Lipinski definition) is 1. The molecule has 0 aliphatic rings. The van der Waals surface area contributed by atoms with Gasteiger partial charge in [0.2, 0.25) is 5.91 Å². The van der Waals surface area contributed by atoms with Crippen molar-refractivity contribution in [3.05, 3.63) is 99.8 Å². The number of aromatic nitrogens is 2. The Labute approximate surface area is 200 Å². The highest BCUT2D eigenvalue weighted by Crippen LogP contribution is 2.35. The molecule has 0 radical (unpaired) electrons. The van der Waals surface area contributed by atoms with Gasteiger partial charge in [-0.25, -0.2) is 4.98 Å². The maximum absolute atomic E-state index is 13.4. The van der Waals surface area contributed by atoms with Crippen LogP contribution in [0.2, 0.25) is 5.02 Å². The van der Waals surface area contributed by atoms with E-state index in [1.165, 1.54) is 11.8 Å². The largest absolute Gasteiger partial charge is 0.383 e. The molecule has 4 aromatic rings. The van der Waals surface area contributed by atoms with Gasteiger partial charge in [-0.1, -0.05) is 71.9 Å². The molecule has 0 saturated heterocycles. The summed E-state index contributed by atoms with van der Waals surface area (Å²) in [6, 6.07) is 23.7. The molecule has 0 bridgehead atoms. The van der Waals surface area contributed by atoms with Crippen molar-refractivity contribution >= 4 is 45.9 Å². The zero-order chi connectivity index (χ0) is 23.2. The molecule has 8 heteroatoms. The van der Waals surface area contributed by atoms with Crippen LogP contribution in [-0.2, 0) is 16.1 Å². The number of rotatable bonds is 8. The number of nitrogens with zero attached hydrogens (tertiary/aromatic N) is 2. The van der Waals surface area contributed by atoms with E-state index in [9.17, 15) is 9.59 Å². The summed E-state index contributed by atoms with van der Waals surface area (Å²) in [5, 5.41) is 3.70. The van der Waals surface area contributed by atoms with Crippen molar-refractivity contribution in [3.8, 4) is 0 Å². The summed E-state index contributed by atoms with van der Waals surface area (Å²) in [7, 11) is 1.58. The summed E-state index contributed by atoms with van der Waals surface area (Å²) in [6.07, 6.45) is 0. The zero-order valence-corrected chi connectivity index (χ0v) is 19.5. The van der Waals surface area contributed by atoms with Gasteiger partial charge >= 0.3 is 0 Å². The first kappa shape index (κ1) is 23.0. The first-order valence-corrected chi connectivity index (χ1v) is 11.6. The molecule has 1 aromatic heterocycles. The minimum atomic E-state index is -0.635. The topological polar surface area (TPSA) is 73.2 Å². The van der Waals surface area contributed by atoms with Crippen molar-refractivity contribution in [1.29, 1.82) is 0 Å². The monoisotopic (exact) mass is 479 g/mol. The molecule has 1 atom stereocenters. The number of methoxy groups -OCH3 is 1. The van der Waals surface area contributed by atoms with E-state index in [1.54, 1.807) is 29.9 Å². The van der Waals surface area contributed by atoms with E-state index < -0.39 is 5.25 Å². The van der Waals surface area contributed by atoms with Gasteiger partial charge in [-0.3, -0.25) is 14.2 Å². The van der Waals surface area contributed by atoms with Crippen LogP contribution in [0.15, 0.2) is 88.8 Å². The fourth-order valence-corrected chi connectivity index (χ4v) is 4.67. The van der Waals surface area contributed by atoms with E-state index in [0.29, 0.717) is 39.9 Å². The lowest BCUT2D eigenvalue weighted by atomic mass is 10.1. The van der Waals surface area contributed by atoms with Crippen LogP contribution in [0.4, 0.5) is 5.69 Å². The van der Waals surface area contributed by atoms with E-state index in [4.69, 9.17) is 21.3 Å². The van der Waals surface area contributed by atoms with Crippen LogP contribution in [-0.4, -0.2) is 29.2 Å². The molecule has 6 nitrogen and oxygen atoms in total. The van der Waals surface area contributed by atoms with Crippen LogP contribution >= 0.6 is 23.4 Å². The van der Waals surface area contributed by atoms with Gasteiger partial charge in [-0.15, -0.1) is 0 Å². The number of carbonyl (C=O) groups is 1. The summed E-state index contributed by atoms with van der Waals surface area (Å²) in [4.78, 5) is 31.3. The lowest BCUT2D eigenvalue weighted by Gasteiger charge is -2.19. The summed E-state index contributed by atoms with van der Waals surface area (Å²) in [6.45, 7) is 0.644. The maximum Gasteiger partial charge on any atom is 0.262 e. The summed E-state index contributed by atoms with van der Waals surface area (Å²) in [5.41, 5.74) is 1.78. The Hall–Kier alpha value is -3.13. The van der Waals surface area contributed by atoms with E-state index in [1.807, 2.05) is 60.7 Å². The van der Waals surface area contributed by atoms with E-state index in [0.717, 1.165) is 5.56 Å². The minimum Gasteiger partial charge on any atom is -0.383 e. The second-order valence-corrected chi connectivity index (χ2v) is 8.78.